The molecule has 1 aromatic heterocycles. The normalized spacial score (nSPS) is 23.5. The van der Waals surface area contributed by atoms with Crippen molar-refractivity contribution < 1.29 is 5.11 Å². The van der Waals surface area contributed by atoms with Gasteiger partial charge in [0.15, 0.2) is 0 Å². The summed E-state index contributed by atoms with van der Waals surface area (Å²) in [6.45, 7) is 3.09. The first-order chi connectivity index (χ1) is 9.15. The summed E-state index contributed by atoms with van der Waals surface area (Å²) < 4.78 is 8.46. The molecule has 0 spiro atoms. The number of nitrogens with zero attached hydrogens (tertiary/aromatic N) is 3. The average molecular weight is 278 g/mol. The van der Waals surface area contributed by atoms with Gasteiger partial charge >= 0.3 is 0 Å². The van der Waals surface area contributed by atoms with Crippen LogP contribution in [-0.4, -0.2) is 51.0 Å². The number of nitrogens with one attached hydrogen (secondary N) is 1. The third-order valence-corrected chi connectivity index (χ3v) is 4.11. The van der Waals surface area contributed by atoms with Gasteiger partial charge in [0.05, 0.1) is 17.3 Å². The summed E-state index contributed by atoms with van der Waals surface area (Å²) in [4.78, 5) is 2.16. The molecule has 5 nitrogen and oxygen atoms in total. The first-order valence-electron chi connectivity index (χ1n) is 6.47. The van der Waals surface area contributed by atoms with Gasteiger partial charge in [-0.25, -0.2) is 0 Å². The van der Waals surface area contributed by atoms with Crippen LogP contribution < -0.4 is 5.32 Å². The van der Waals surface area contributed by atoms with Gasteiger partial charge < -0.3 is 10.4 Å². The Labute approximate surface area is 116 Å². The summed E-state index contributed by atoms with van der Waals surface area (Å²) >= 11 is 1.24. The zero-order valence-corrected chi connectivity index (χ0v) is 11.8. The van der Waals surface area contributed by atoms with Crippen LogP contribution in [0.3, 0.4) is 0 Å². The smallest absolute Gasteiger partial charge is 0.105 e. The Morgan fingerprint density at radius 3 is 3.05 bits per heavy atom. The van der Waals surface area contributed by atoms with E-state index in [1.807, 2.05) is 13.1 Å². The fourth-order valence-corrected chi connectivity index (χ4v) is 3.18. The molecule has 1 unspecified atom stereocenters. The predicted octanol–water partition coefficient (Wildman–Crippen LogP) is 0.848. The highest BCUT2D eigenvalue weighted by Gasteiger charge is 2.31. The standard InChI is InChI=1S/C13H18N4OS/c1-17(9-13(18)4-5-14-8-13)7-10-2-3-11-12(6-10)16-19-15-11/h2-3,6,14,18H,4-5,7-9H2,1H3. The quantitative estimate of drug-likeness (QED) is 0.868. The van der Waals surface area contributed by atoms with Crippen molar-refractivity contribution in [3.63, 3.8) is 0 Å². The van der Waals surface area contributed by atoms with Crippen LogP contribution in [0.2, 0.25) is 0 Å². The maximum atomic E-state index is 10.4. The highest BCUT2D eigenvalue weighted by atomic mass is 32.1. The third kappa shape index (κ3) is 2.92. The summed E-state index contributed by atoms with van der Waals surface area (Å²) in [5.74, 6) is 0. The second-order valence-corrected chi connectivity index (χ2v) is 5.94. The van der Waals surface area contributed by atoms with E-state index in [2.05, 4.69) is 31.1 Å². The van der Waals surface area contributed by atoms with Crippen molar-refractivity contribution in [1.29, 1.82) is 0 Å². The number of benzene rings is 1. The number of fused-ring (bicyclic) bond motifs is 1. The molecule has 102 valence electrons. The summed E-state index contributed by atoms with van der Waals surface area (Å²) in [5, 5.41) is 13.6. The van der Waals surface area contributed by atoms with Crippen molar-refractivity contribution >= 4 is 22.8 Å². The van der Waals surface area contributed by atoms with E-state index in [0.29, 0.717) is 13.1 Å². The second kappa shape index (κ2) is 5.13. The number of β-amino-alcohol motifs (C(OH)–C–C–N with tert-alkyl or cyclic N) is 1. The third-order valence-electron chi connectivity index (χ3n) is 3.56. The monoisotopic (exact) mass is 278 g/mol. The lowest BCUT2D eigenvalue weighted by Crippen LogP contribution is -2.42. The van der Waals surface area contributed by atoms with Gasteiger partial charge in [-0.1, -0.05) is 6.07 Å². The maximum Gasteiger partial charge on any atom is 0.105 e. The van der Waals surface area contributed by atoms with Crippen molar-refractivity contribution in [2.75, 3.05) is 26.7 Å². The van der Waals surface area contributed by atoms with Crippen molar-refractivity contribution in [3.8, 4) is 0 Å². The molecule has 2 heterocycles. The molecule has 0 amide bonds. The molecule has 1 fully saturated rings. The summed E-state index contributed by atoms with van der Waals surface area (Å²) in [5.41, 5.74) is 2.53. The van der Waals surface area contributed by atoms with E-state index in [0.717, 1.165) is 30.5 Å². The summed E-state index contributed by atoms with van der Waals surface area (Å²) in [7, 11) is 2.04. The van der Waals surface area contributed by atoms with Gasteiger partial charge in [0.1, 0.15) is 11.0 Å². The van der Waals surface area contributed by atoms with E-state index < -0.39 is 5.60 Å². The molecule has 1 atom stereocenters. The Balaban J connectivity index is 1.66. The van der Waals surface area contributed by atoms with E-state index >= 15 is 0 Å². The lowest BCUT2D eigenvalue weighted by Gasteiger charge is -2.28. The summed E-state index contributed by atoms with van der Waals surface area (Å²) in [6.07, 6.45) is 0.826. The molecule has 1 aromatic carbocycles. The number of likely N-dealkylation sites (N-methyl/N-ethyl adjacent to an activating group) is 1. The van der Waals surface area contributed by atoms with Crippen molar-refractivity contribution in [2.45, 2.75) is 18.6 Å². The Morgan fingerprint density at radius 1 is 1.42 bits per heavy atom. The SMILES string of the molecule is CN(Cc1ccc2nsnc2c1)CC1(O)CCNC1. The average Bonchev–Trinajstić information content (AvgIpc) is 2.97. The molecule has 2 N–H and O–H groups in total. The Morgan fingerprint density at radius 2 is 2.26 bits per heavy atom. The highest BCUT2D eigenvalue weighted by Crippen LogP contribution is 2.18. The fourth-order valence-electron chi connectivity index (χ4n) is 2.66. The topological polar surface area (TPSA) is 61.3 Å². The molecule has 0 aliphatic carbocycles. The van der Waals surface area contributed by atoms with Crippen molar-refractivity contribution in [2.24, 2.45) is 0 Å². The van der Waals surface area contributed by atoms with Gasteiger partial charge in [0.2, 0.25) is 0 Å². The molecule has 19 heavy (non-hydrogen) atoms. The van der Waals surface area contributed by atoms with Crippen LogP contribution in [0.4, 0.5) is 0 Å². The van der Waals surface area contributed by atoms with Gasteiger partial charge in [0, 0.05) is 19.6 Å². The van der Waals surface area contributed by atoms with Gasteiger partial charge in [-0.2, -0.15) is 8.75 Å². The van der Waals surface area contributed by atoms with Crippen LogP contribution in [-0.2, 0) is 6.54 Å². The maximum absolute atomic E-state index is 10.4. The van der Waals surface area contributed by atoms with Crippen LogP contribution in [0.25, 0.3) is 11.0 Å². The van der Waals surface area contributed by atoms with Gasteiger partial charge in [0.25, 0.3) is 0 Å². The predicted molar refractivity (Wildman–Crippen MR) is 76.2 cm³/mol. The molecule has 1 aliphatic rings. The molecule has 1 aliphatic heterocycles. The molecule has 3 rings (SSSR count). The highest BCUT2D eigenvalue weighted by molar-refractivity contribution is 7.00. The number of aliphatic hydroxyl groups is 1. The van der Waals surface area contributed by atoms with E-state index in [1.54, 1.807) is 0 Å². The zero-order chi connectivity index (χ0) is 13.3. The Bertz CT molecular complexity index is 565. The molecule has 2 aromatic rings. The number of hydrogen-bond donors (Lipinski definition) is 2. The lowest BCUT2D eigenvalue weighted by molar-refractivity contribution is 0.0264. The number of aromatic nitrogens is 2. The molecule has 6 heteroatoms. The zero-order valence-electron chi connectivity index (χ0n) is 11.0. The summed E-state index contributed by atoms with van der Waals surface area (Å²) in [6, 6.07) is 6.16. The fraction of sp³-hybridized carbons (Fsp3) is 0.538. The largest absolute Gasteiger partial charge is 0.387 e. The second-order valence-electron chi connectivity index (χ2n) is 5.41. The van der Waals surface area contributed by atoms with Crippen LogP contribution in [0, 0.1) is 0 Å². The minimum atomic E-state index is -0.582. The van der Waals surface area contributed by atoms with Crippen molar-refractivity contribution in [3.05, 3.63) is 23.8 Å². The minimum absolute atomic E-state index is 0.582. The Kier molecular flexibility index (Phi) is 3.49. The number of hydrogen-bond acceptors (Lipinski definition) is 6. The van der Waals surface area contributed by atoms with Crippen LogP contribution in [0.1, 0.15) is 12.0 Å². The van der Waals surface area contributed by atoms with E-state index in [1.165, 1.54) is 17.3 Å². The van der Waals surface area contributed by atoms with E-state index in [-0.39, 0.29) is 0 Å². The van der Waals surface area contributed by atoms with Crippen molar-refractivity contribution in [1.82, 2.24) is 19.0 Å². The van der Waals surface area contributed by atoms with Gasteiger partial charge in [-0.15, -0.1) is 0 Å². The molecular formula is C13H18N4OS. The lowest BCUT2D eigenvalue weighted by atomic mass is 10.0. The first kappa shape index (κ1) is 12.9. The van der Waals surface area contributed by atoms with Gasteiger partial charge in [-0.3, -0.25) is 4.90 Å². The van der Waals surface area contributed by atoms with E-state index in [4.69, 9.17) is 0 Å². The minimum Gasteiger partial charge on any atom is -0.387 e. The van der Waals surface area contributed by atoms with Crippen LogP contribution in [0.5, 0.6) is 0 Å². The molecule has 0 saturated carbocycles. The van der Waals surface area contributed by atoms with E-state index in [9.17, 15) is 5.11 Å². The Hall–Kier alpha value is -1.08. The molecule has 1 saturated heterocycles. The van der Waals surface area contributed by atoms with Gasteiger partial charge in [-0.05, 0) is 37.7 Å². The van der Waals surface area contributed by atoms with Crippen LogP contribution >= 0.6 is 11.7 Å². The molecule has 0 bridgehead atoms. The van der Waals surface area contributed by atoms with Crippen LogP contribution in [0.15, 0.2) is 18.2 Å². The number of rotatable bonds is 4. The first-order valence-corrected chi connectivity index (χ1v) is 7.21. The molecular weight excluding hydrogens is 260 g/mol. The molecule has 0 radical (unpaired) electrons.